The van der Waals surface area contributed by atoms with E-state index in [-0.39, 0.29) is 23.6 Å². The first kappa shape index (κ1) is 45.9. The van der Waals surface area contributed by atoms with E-state index in [1.54, 1.807) is 0 Å². The molecule has 12 aromatic carbocycles. The third-order valence-electron chi connectivity index (χ3n) is 15.4. The van der Waals surface area contributed by atoms with E-state index in [9.17, 15) is 19.2 Å². The maximum absolute atomic E-state index is 14.6. The first-order valence-electron chi connectivity index (χ1n) is 25.7. The Kier molecular flexibility index (Phi) is 10.4. The van der Waals surface area contributed by atoms with Crippen molar-refractivity contribution in [3.05, 3.63) is 289 Å². The van der Waals surface area contributed by atoms with Crippen LogP contribution in [0.3, 0.4) is 0 Å². The Morgan fingerprint density at radius 2 is 0.397 bits per heavy atom. The minimum absolute atomic E-state index is 0.0586. The van der Waals surface area contributed by atoms with Crippen LogP contribution in [0.4, 0.5) is 22.7 Å². The van der Waals surface area contributed by atoms with Crippen LogP contribution in [-0.4, -0.2) is 50.2 Å². The number of carbonyl (C=O) groups excluding carboxylic acids is 4. The van der Waals surface area contributed by atoms with Crippen LogP contribution >= 0.6 is 0 Å². The van der Waals surface area contributed by atoms with E-state index in [1.807, 2.05) is 186 Å². The molecule has 12 aromatic rings. The molecule has 2 spiro atoms. The zero-order chi connectivity index (χ0) is 52.3. The molecule has 0 bridgehead atoms. The normalized spacial score (nSPS) is 16.2. The molecule has 0 N–H and O–H groups in total. The molecule has 78 heavy (non-hydrogen) atoms. The Balaban J connectivity index is 0.000000136. The number of anilines is 4. The van der Waals surface area contributed by atoms with Gasteiger partial charge in [0.25, 0.3) is 0 Å². The van der Waals surface area contributed by atoms with E-state index in [0.717, 1.165) is 83.7 Å². The summed E-state index contributed by atoms with van der Waals surface area (Å²) in [7, 11) is 0. The second-order valence-electron chi connectivity index (χ2n) is 19.5. The van der Waals surface area contributed by atoms with Crippen molar-refractivity contribution in [2.75, 3.05) is 15.7 Å². The quantitative estimate of drug-likeness (QED) is 0.164. The summed E-state index contributed by atoms with van der Waals surface area (Å²) in [5.41, 5.74) is 6.02. The molecule has 16 rings (SSSR count). The summed E-state index contributed by atoms with van der Waals surface area (Å²) in [6.07, 6.45) is 0. The van der Waals surface area contributed by atoms with Gasteiger partial charge in [0.05, 0.1) is 0 Å². The van der Waals surface area contributed by atoms with Gasteiger partial charge in [0.1, 0.15) is 0 Å². The van der Waals surface area contributed by atoms with E-state index in [1.165, 1.54) is 0 Å². The molecule has 0 atom stereocenters. The van der Waals surface area contributed by atoms with Gasteiger partial charge in [0, 0.05) is 0 Å². The van der Waals surface area contributed by atoms with Gasteiger partial charge < -0.3 is 0 Å². The summed E-state index contributed by atoms with van der Waals surface area (Å²) in [6.45, 7) is 0. The van der Waals surface area contributed by atoms with Crippen molar-refractivity contribution < 1.29 is 19.2 Å². The van der Waals surface area contributed by atoms with Crippen LogP contribution < -0.4 is 33.5 Å². The molecule has 4 amide bonds. The number of fused-ring (bicyclic) bond motifs is 12. The van der Waals surface area contributed by atoms with E-state index >= 15 is 0 Å². The molecule has 0 saturated carbocycles. The fourth-order valence-corrected chi connectivity index (χ4v) is 29.9. The van der Waals surface area contributed by atoms with Crippen molar-refractivity contribution in [1.29, 1.82) is 0 Å². The van der Waals surface area contributed by atoms with Gasteiger partial charge >= 0.3 is 458 Å². The molecule has 4 heterocycles. The van der Waals surface area contributed by atoms with Gasteiger partial charge in [0.15, 0.2) is 0 Å². The molecule has 0 aliphatic carbocycles. The van der Waals surface area contributed by atoms with Crippen LogP contribution in [-0.2, 0) is 0 Å². The summed E-state index contributed by atoms with van der Waals surface area (Å²) in [4.78, 5) is 58.3. The number of hydrogen-bond donors (Lipinski definition) is 0. The Hall–Kier alpha value is -9.40. The molecule has 0 unspecified atom stereocenters. The molecule has 0 radical (unpaired) electrons. The number of hydrogen-bond acceptors (Lipinski definition) is 4. The second kappa shape index (κ2) is 17.6. The number of amides is 4. The zero-order valence-corrected chi connectivity index (χ0v) is 45.1. The SMILES string of the molecule is O=C1c2ccccc2[Se]2(c3ccccc3C(=O)N2c2cccc3ccccc23)N1c1cccc2ccccc12.O=C1c2ccccc2[Se]2(c3ccccc3C(=O)N2c2cccc3ccccc23)N1c1cccc2ccccc12. The predicted molar refractivity (Wildman–Crippen MR) is 319 cm³/mol. The fourth-order valence-electron chi connectivity index (χ4n) is 12.2. The molecule has 372 valence electrons. The van der Waals surface area contributed by atoms with Crippen LogP contribution in [0.25, 0.3) is 43.1 Å². The minimum atomic E-state index is -3.72. The molecule has 0 saturated heterocycles. The summed E-state index contributed by atoms with van der Waals surface area (Å²) in [6, 6.07) is 88.5. The van der Waals surface area contributed by atoms with Gasteiger partial charge in [-0.05, 0) is 0 Å². The molecule has 8 nitrogen and oxygen atoms in total. The first-order valence-corrected chi connectivity index (χ1v) is 32.2. The van der Waals surface area contributed by atoms with Gasteiger partial charge in [-0.3, -0.25) is 0 Å². The van der Waals surface area contributed by atoms with Gasteiger partial charge in [-0.2, -0.15) is 0 Å². The second-order valence-corrected chi connectivity index (χ2v) is 30.8. The Bertz CT molecular complexity index is 3980. The average molecular weight is 1140 g/mol. The molecular weight excluding hydrogens is 1090 g/mol. The van der Waals surface area contributed by atoms with Crippen molar-refractivity contribution in [2.45, 2.75) is 0 Å². The first-order chi connectivity index (χ1) is 38.4. The summed E-state index contributed by atoms with van der Waals surface area (Å²) >= 11 is -7.45. The van der Waals surface area contributed by atoms with Crippen molar-refractivity contribution in [2.24, 2.45) is 0 Å². The molecular formula is C68H44N4O4Se2. The molecule has 0 aromatic heterocycles. The van der Waals surface area contributed by atoms with Crippen LogP contribution in [0.15, 0.2) is 267 Å². The van der Waals surface area contributed by atoms with Crippen molar-refractivity contribution in [1.82, 2.24) is 0 Å². The van der Waals surface area contributed by atoms with Gasteiger partial charge in [-0.25, -0.2) is 0 Å². The van der Waals surface area contributed by atoms with Crippen LogP contribution in [0, 0.1) is 0 Å². The van der Waals surface area contributed by atoms with E-state index in [4.69, 9.17) is 0 Å². The van der Waals surface area contributed by atoms with E-state index < -0.39 is 26.6 Å². The molecule has 0 fully saturated rings. The monoisotopic (exact) mass is 1140 g/mol. The number of benzene rings is 12. The number of rotatable bonds is 4. The Morgan fingerprint density at radius 3 is 0.641 bits per heavy atom. The summed E-state index contributed by atoms with van der Waals surface area (Å²) < 4.78 is 11.9. The van der Waals surface area contributed by atoms with Crippen molar-refractivity contribution in [3.8, 4) is 0 Å². The average Bonchev–Trinajstić information content (AvgIpc) is 3.10. The molecule has 4 aliphatic rings. The standard InChI is InChI=1S/2C34H22N2O2Se/c2*37-33-27-17-5-7-21-31(27)39(35(33)29-19-9-13-23-11-1-3-15-25(23)29)32-22-8-6-18-28(32)34(38)36(39)30-20-10-14-24-12-2-4-16-26(24)30/h2*1-22H. The molecule has 4 aliphatic heterocycles. The Labute approximate surface area is 454 Å². The van der Waals surface area contributed by atoms with E-state index in [0.29, 0.717) is 22.3 Å². The van der Waals surface area contributed by atoms with Crippen LogP contribution in [0.2, 0.25) is 0 Å². The van der Waals surface area contributed by atoms with E-state index in [2.05, 4.69) is 97.1 Å². The number of nitrogens with zero attached hydrogens (tertiary/aromatic N) is 4. The third kappa shape index (κ3) is 6.22. The summed E-state index contributed by atoms with van der Waals surface area (Å²) in [5, 5.41) is 8.19. The van der Waals surface area contributed by atoms with Gasteiger partial charge in [0.2, 0.25) is 0 Å². The summed E-state index contributed by atoms with van der Waals surface area (Å²) in [5.74, 6) is -0.234. The predicted octanol–water partition coefficient (Wildman–Crippen LogP) is 11.7. The van der Waals surface area contributed by atoms with Crippen molar-refractivity contribution >= 4 is 134 Å². The zero-order valence-electron chi connectivity index (χ0n) is 41.6. The van der Waals surface area contributed by atoms with Crippen molar-refractivity contribution in [3.63, 3.8) is 0 Å². The van der Waals surface area contributed by atoms with Crippen LogP contribution in [0.1, 0.15) is 41.4 Å². The third-order valence-corrected chi connectivity index (χ3v) is 31.0. The van der Waals surface area contributed by atoms with Gasteiger partial charge in [-0.15, -0.1) is 0 Å². The fraction of sp³-hybridized carbons (Fsp3) is 0. The topological polar surface area (TPSA) is 81.2 Å². The van der Waals surface area contributed by atoms with Gasteiger partial charge in [-0.1, -0.05) is 0 Å². The number of carbonyl (C=O) groups is 4. The molecule has 10 heteroatoms. The van der Waals surface area contributed by atoms with Crippen LogP contribution in [0.5, 0.6) is 0 Å². The maximum atomic E-state index is 14.6. The Morgan fingerprint density at radius 1 is 0.205 bits per heavy atom.